The first-order chi connectivity index (χ1) is 14.2. The van der Waals surface area contributed by atoms with Gasteiger partial charge in [-0.25, -0.2) is 4.98 Å². The number of nitrogens with zero attached hydrogens (tertiary/aromatic N) is 5. The molecule has 0 bridgehead atoms. The summed E-state index contributed by atoms with van der Waals surface area (Å²) in [5, 5.41) is 2.86. The summed E-state index contributed by atoms with van der Waals surface area (Å²) in [6.07, 6.45) is 5.14. The fourth-order valence-electron chi connectivity index (χ4n) is 3.82. The smallest absolute Gasteiger partial charge is 0.290 e. The van der Waals surface area contributed by atoms with Crippen LogP contribution in [0.5, 0.6) is 0 Å². The highest BCUT2D eigenvalue weighted by Crippen LogP contribution is 2.22. The molecule has 2 aromatic rings. The summed E-state index contributed by atoms with van der Waals surface area (Å²) in [6, 6.07) is 5.54. The van der Waals surface area contributed by atoms with E-state index in [2.05, 4.69) is 15.3 Å². The molecule has 152 valence electrons. The van der Waals surface area contributed by atoms with Gasteiger partial charge in [0.15, 0.2) is 5.82 Å². The minimum absolute atomic E-state index is 0.178. The Morgan fingerprint density at radius 3 is 2.66 bits per heavy atom. The van der Waals surface area contributed by atoms with Crippen molar-refractivity contribution < 1.29 is 14.4 Å². The molecule has 29 heavy (non-hydrogen) atoms. The number of nitrogens with one attached hydrogen (secondary N) is 1. The number of pyridine rings is 1. The first-order valence-corrected chi connectivity index (χ1v) is 9.93. The lowest BCUT2D eigenvalue weighted by Crippen LogP contribution is -2.48. The maximum absolute atomic E-state index is 13.1. The van der Waals surface area contributed by atoms with Crippen molar-refractivity contribution in [1.29, 1.82) is 0 Å². The van der Waals surface area contributed by atoms with Crippen LogP contribution in [0, 0.1) is 0 Å². The van der Waals surface area contributed by atoms with Crippen molar-refractivity contribution in [3.8, 4) is 0 Å². The monoisotopic (exact) mass is 396 g/mol. The lowest BCUT2D eigenvalue weighted by atomic mass is 10.1. The quantitative estimate of drug-likeness (QED) is 0.740. The standard InChI is InChI=1S/C20H24N6O3/c27-14-24-9-11-25(12-10-24)20(29)18-23-17(16-6-2-4-8-26(16)18)19(28)22-13-15-5-1-3-7-21-15/h1,3,5,7,14H,2,4,6,8-13H2,(H,22,28). The molecule has 2 aromatic heterocycles. The number of rotatable bonds is 5. The molecule has 2 aliphatic rings. The predicted octanol–water partition coefficient (Wildman–Crippen LogP) is 0.459. The van der Waals surface area contributed by atoms with E-state index >= 15 is 0 Å². The third-order valence-corrected chi connectivity index (χ3v) is 5.43. The van der Waals surface area contributed by atoms with Crippen LogP contribution < -0.4 is 5.32 Å². The lowest BCUT2D eigenvalue weighted by Gasteiger charge is -2.32. The van der Waals surface area contributed by atoms with Crippen LogP contribution in [0.3, 0.4) is 0 Å². The molecule has 0 radical (unpaired) electrons. The van der Waals surface area contributed by atoms with Crippen LogP contribution in [0.4, 0.5) is 0 Å². The number of piperazine rings is 1. The lowest BCUT2D eigenvalue weighted by molar-refractivity contribution is -0.119. The van der Waals surface area contributed by atoms with Gasteiger partial charge in [0.2, 0.25) is 6.41 Å². The second-order valence-electron chi connectivity index (χ2n) is 7.28. The van der Waals surface area contributed by atoms with Crippen molar-refractivity contribution >= 4 is 18.2 Å². The summed E-state index contributed by atoms with van der Waals surface area (Å²) in [5.74, 6) is -0.143. The van der Waals surface area contributed by atoms with Gasteiger partial charge in [0.25, 0.3) is 11.8 Å². The minimum Gasteiger partial charge on any atom is -0.345 e. The van der Waals surface area contributed by atoms with Gasteiger partial charge in [-0.05, 0) is 31.4 Å². The highest BCUT2D eigenvalue weighted by molar-refractivity contribution is 5.97. The van der Waals surface area contributed by atoms with E-state index < -0.39 is 0 Å². The van der Waals surface area contributed by atoms with Crippen molar-refractivity contribution in [2.24, 2.45) is 0 Å². The molecule has 1 N–H and O–H groups in total. The van der Waals surface area contributed by atoms with Crippen LogP contribution in [0.25, 0.3) is 0 Å². The Balaban J connectivity index is 1.53. The zero-order valence-corrected chi connectivity index (χ0v) is 16.2. The van der Waals surface area contributed by atoms with E-state index in [9.17, 15) is 14.4 Å². The van der Waals surface area contributed by atoms with Gasteiger partial charge in [0, 0.05) is 38.9 Å². The highest BCUT2D eigenvalue weighted by atomic mass is 16.2. The second-order valence-corrected chi connectivity index (χ2v) is 7.28. The molecule has 0 spiro atoms. The summed E-state index contributed by atoms with van der Waals surface area (Å²) >= 11 is 0. The van der Waals surface area contributed by atoms with Crippen molar-refractivity contribution in [2.75, 3.05) is 26.2 Å². The van der Waals surface area contributed by atoms with Gasteiger partial charge >= 0.3 is 0 Å². The normalized spacial score (nSPS) is 16.3. The van der Waals surface area contributed by atoms with Gasteiger partial charge in [0.05, 0.1) is 17.9 Å². The highest BCUT2D eigenvalue weighted by Gasteiger charge is 2.31. The van der Waals surface area contributed by atoms with Crippen molar-refractivity contribution in [1.82, 2.24) is 29.7 Å². The van der Waals surface area contributed by atoms with Crippen LogP contribution in [-0.2, 0) is 24.3 Å². The van der Waals surface area contributed by atoms with Gasteiger partial charge in [-0.2, -0.15) is 0 Å². The Hall–Kier alpha value is -3.23. The van der Waals surface area contributed by atoms with Crippen LogP contribution in [0.15, 0.2) is 24.4 Å². The molecule has 9 heteroatoms. The Morgan fingerprint density at radius 1 is 1.10 bits per heavy atom. The van der Waals surface area contributed by atoms with Gasteiger partial charge in [0.1, 0.15) is 5.69 Å². The van der Waals surface area contributed by atoms with Gasteiger partial charge in [-0.3, -0.25) is 19.4 Å². The van der Waals surface area contributed by atoms with E-state index in [1.165, 1.54) is 0 Å². The predicted molar refractivity (Wildman–Crippen MR) is 104 cm³/mol. The number of fused-ring (bicyclic) bond motifs is 1. The first kappa shape index (κ1) is 19.1. The number of hydrogen-bond acceptors (Lipinski definition) is 5. The minimum atomic E-state index is -0.286. The molecule has 0 aliphatic carbocycles. The summed E-state index contributed by atoms with van der Waals surface area (Å²) in [6.45, 7) is 2.97. The zero-order chi connectivity index (χ0) is 20.2. The van der Waals surface area contributed by atoms with Crippen molar-refractivity contribution in [3.63, 3.8) is 0 Å². The zero-order valence-electron chi connectivity index (χ0n) is 16.2. The summed E-state index contributed by atoms with van der Waals surface area (Å²) in [5.41, 5.74) is 1.92. The number of amides is 3. The number of carbonyl (C=O) groups excluding carboxylic acids is 3. The Morgan fingerprint density at radius 2 is 1.93 bits per heavy atom. The summed E-state index contributed by atoms with van der Waals surface area (Å²) < 4.78 is 1.90. The molecule has 4 rings (SSSR count). The Kier molecular flexibility index (Phi) is 5.55. The third-order valence-electron chi connectivity index (χ3n) is 5.43. The van der Waals surface area contributed by atoms with Gasteiger partial charge in [-0.1, -0.05) is 6.07 Å². The van der Waals surface area contributed by atoms with E-state index in [0.29, 0.717) is 50.8 Å². The number of imidazole rings is 1. The topological polar surface area (TPSA) is 100 Å². The van der Waals surface area contributed by atoms with E-state index in [4.69, 9.17) is 0 Å². The fourth-order valence-corrected chi connectivity index (χ4v) is 3.82. The molecule has 0 aromatic carbocycles. The molecule has 1 fully saturated rings. The van der Waals surface area contributed by atoms with Crippen LogP contribution in [-0.4, -0.2) is 68.7 Å². The number of aromatic nitrogens is 3. The molecular formula is C20H24N6O3. The molecule has 0 unspecified atom stereocenters. The Bertz CT molecular complexity index is 902. The Labute approximate surface area is 168 Å². The molecule has 2 aliphatic heterocycles. The largest absolute Gasteiger partial charge is 0.345 e. The molecule has 1 saturated heterocycles. The van der Waals surface area contributed by atoms with E-state index in [1.807, 2.05) is 22.8 Å². The van der Waals surface area contributed by atoms with E-state index in [1.54, 1.807) is 16.0 Å². The number of hydrogen-bond donors (Lipinski definition) is 1. The summed E-state index contributed by atoms with van der Waals surface area (Å²) in [4.78, 5) is 48.8. The van der Waals surface area contributed by atoms with Crippen LogP contribution in [0.2, 0.25) is 0 Å². The van der Waals surface area contributed by atoms with E-state index in [-0.39, 0.29) is 11.8 Å². The van der Waals surface area contributed by atoms with Crippen molar-refractivity contribution in [2.45, 2.75) is 32.4 Å². The maximum Gasteiger partial charge on any atom is 0.290 e. The number of carbonyl (C=O) groups is 3. The van der Waals surface area contributed by atoms with Crippen molar-refractivity contribution in [3.05, 3.63) is 47.3 Å². The van der Waals surface area contributed by atoms with E-state index in [0.717, 1.165) is 37.1 Å². The second kappa shape index (κ2) is 8.42. The first-order valence-electron chi connectivity index (χ1n) is 9.93. The van der Waals surface area contributed by atoms with Gasteiger partial charge in [-0.15, -0.1) is 0 Å². The molecule has 0 saturated carbocycles. The fraction of sp³-hybridized carbons (Fsp3) is 0.450. The molecule has 9 nitrogen and oxygen atoms in total. The van der Waals surface area contributed by atoms with Gasteiger partial charge < -0.3 is 19.7 Å². The average molecular weight is 396 g/mol. The van der Waals surface area contributed by atoms with Crippen LogP contribution in [0.1, 0.15) is 45.3 Å². The summed E-state index contributed by atoms with van der Waals surface area (Å²) in [7, 11) is 0. The molecule has 3 amide bonds. The molecule has 0 atom stereocenters. The average Bonchev–Trinajstić information content (AvgIpc) is 3.17. The SMILES string of the molecule is O=CN1CCN(C(=O)c2nc(C(=O)NCc3ccccn3)c3n2CCCC3)CC1. The van der Waals surface area contributed by atoms with Crippen LogP contribution >= 0.6 is 0 Å². The molecule has 4 heterocycles. The molecular weight excluding hydrogens is 372 g/mol. The third kappa shape index (κ3) is 3.98. The maximum atomic E-state index is 13.1.